The summed E-state index contributed by atoms with van der Waals surface area (Å²) < 4.78 is 1.51. The van der Waals surface area contributed by atoms with E-state index in [0.29, 0.717) is 5.16 Å². The Morgan fingerprint density at radius 3 is 2.85 bits per heavy atom. The molecule has 0 unspecified atom stereocenters. The molecule has 0 saturated heterocycles. The van der Waals surface area contributed by atoms with Gasteiger partial charge in [0, 0.05) is 7.05 Å². The molecule has 20 heavy (non-hydrogen) atoms. The monoisotopic (exact) mass is 290 g/mol. The lowest BCUT2D eigenvalue weighted by Gasteiger charge is -1.99. The number of aryl methyl sites for hydroxylation is 2. The number of hydrogen-bond acceptors (Lipinski definition) is 6. The SMILES string of the molecule is Cc1ccc(/C=N/NC(=O)CSc2nnnn2C)cc1. The summed E-state index contributed by atoms with van der Waals surface area (Å²) >= 11 is 1.25. The molecule has 0 aliphatic rings. The predicted octanol–water partition coefficient (Wildman–Crippen LogP) is 0.761. The molecule has 1 heterocycles. The van der Waals surface area contributed by atoms with Gasteiger partial charge in [-0.1, -0.05) is 41.6 Å². The van der Waals surface area contributed by atoms with Crippen LogP contribution in [0.5, 0.6) is 0 Å². The van der Waals surface area contributed by atoms with Crippen molar-refractivity contribution in [2.24, 2.45) is 12.1 Å². The minimum absolute atomic E-state index is 0.207. The molecule has 0 saturated carbocycles. The minimum atomic E-state index is -0.207. The van der Waals surface area contributed by atoms with Crippen molar-refractivity contribution in [1.82, 2.24) is 25.6 Å². The number of hydrazone groups is 1. The number of nitrogens with zero attached hydrogens (tertiary/aromatic N) is 5. The van der Waals surface area contributed by atoms with Gasteiger partial charge in [0.05, 0.1) is 12.0 Å². The molecule has 2 aromatic rings. The van der Waals surface area contributed by atoms with E-state index in [2.05, 4.69) is 26.1 Å². The molecule has 104 valence electrons. The lowest BCUT2D eigenvalue weighted by Crippen LogP contribution is -2.19. The molecule has 0 aliphatic heterocycles. The van der Waals surface area contributed by atoms with Gasteiger partial charge < -0.3 is 0 Å². The Balaban J connectivity index is 1.77. The molecule has 0 fully saturated rings. The fraction of sp³-hybridized carbons (Fsp3) is 0.250. The quantitative estimate of drug-likeness (QED) is 0.499. The van der Waals surface area contributed by atoms with Crippen LogP contribution in [0.1, 0.15) is 11.1 Å². The Morgan fingerprint density at radius 2 is 2.20 bits per heavy atom. The van der Waals surface area contributed by atoms with Crippen LogP contribution in [0.2, 0.25) is 0 Å². The van der Waals surface area contributed by atoms with Gasteiger partial charge in [-0.15, -0.1) is 5.10 Å². The maximum atomic E-state index is 11.6. The highest BCUT2D eigenvalue weighted by Crippen LogP contribution is 2.11. The Hall–Kier alpha value is -2.22. The molecule has 0 aliphatic carbocycles. The molecule has 7 nitrogen and oxygen atoms in total. The number of carbonyl (C=O) groups excluding carboxylic acids is 1. The number of amides is 1. The molecule has 8 heteroatoms. The first-order valence-electron chi connectivity index (χ1n) is 5.89. The molecule has 1 aromatic heterocycles. The highest BCUT2D eigenvalue weighted by Gasteiger charge is 2.06. The van der Waals surface area contributed by atoms with Crippen LogP contribution < -0.4 is 5.43 Å². The molecule has 1 amide bonds. The number of rotatable bonds is 5. The predicted molar refractivity (Wildman–Crippen MR) is 76.4 cm³/mol. The standard InChI is InChI=1S/C12H14N6OS/c1-9-3-5-10(6-4-9)7-13-14-11(19)8-20-12-15-16-17-18(12)2/h3-7H,8H2,1-2H3,(H,14,19)/b13-7+. The van der Waals surface area contributed by atoms with E-state index in [-0.39, 0.29) is 11.7 Å². The molecular formula is C12H14N6OS. The largest absolute Gasteiger partial charge is 0.272 e. The van der Waals surface area contributed by atoms with E-state index < -0.39 is 0 Å². The summed E-state index contributed by atoms with van der Waals surface area (Å²) in [5.41, 5.74) is 4.57. The zero-order valence-corrected chi connectivity index (χ0v) is 12.0. The molecule has 1 N–H and O–H groups in total. The fourth-order valence-corrected chi connectivity index (χ4v) is 1.98. The van der Waals surface area contributed by atoms with E-state index in [9.17, 15) is 4.79 Å². The van der Waals surface area contributed by atoms with Crippen molar-refractivity contribution >= 4 is 23.9 Å². The van der Waals surface area contributed by atoms with Crippen LogP contribution in [-0.4, -0.2) is 38.1 Å². The third-order valence-electron chi connectivity index (χ3n) is 2.39. The molecule has 0 atom stereocenters. The lowest BCUT2D eigenvalue weighted by molar-refractivity contribution is -0.118. The smallest absolute Gasteiger partial charge is 0.250 e. The van der Waals surface area contributed by atoms with Gasteiger partial charge in [0.25, 0.3) is 5.91 Å². The Labute approximate surface area is 120 Å². The van der Waals surface area contributed by atoms with Crippen molar-refractivity contribution in [3.8, 4) is 0 Å². The van der Waals surface area contributed by atoms with Gasteiger partial charge in [-0.25, -0.2) is 10.1 Å². The Bertz CT molecular complexity index is 607. The van der Waals surface area contributed by atoms with Crippen LogP contribution in [0, 0.1) is 6.92 Å². The minimum Gasteiger partial charge on any atom is -0.272 e. The number of carbonyl (C=O) groups is 1. The van der Waals surface area contributed by atoms with Crippen molar-refractivity contribution in [1.29, 1.82) is 0 Å². The number of hydrogen-bond donors (Lipinski definition) is 1. The van der Waals surface area contributed by atoms with E-state index >= 15 is 0 Å². The average molecular weight is 290 g/mol. The zero-order valence-electron chi connectivity index (χ0n) is 11.1. The second kappa shape index (κ2) is 6.80. The van der Waals surface area contributed by atoms with E-state index in [0.717, 1.165) is 5.56 Å². The van der Waals surface area contributed by atoms with Gasteiger partial charge in [-0.3, -0.25) is 4.79 Å². The number of nitrogens with one attached hydrogen (secondary N) is 1. The second-order valence-electron chi connectivity index (χ2n) is 4.08. The van der Waals surface area contributed by atoms with Gasteiger partial charge in [0.2, 0.25) is 5.16 Å². The van der Waals surface area contributed by atoms with Gasteiger partial charge in [-0.2, -0.15) is 5.10 Å². The van der Waals surface area contributed by atoms with E-state index in [1.165, 1.54) is 22.0 Å². The summed E-state index contributed by atoms with van der Waals surface area (Å²) in [5, 5.41) is 15.4. The van der Waals surface area contributed by atoms with E-state index in [1.807, 2.05) is 31.2 Å². The normalized spacial score (nSPS) is 10.9. The number of thioether (sulfide) groups is 1. The Kier molecular flexibility index (Phi) is 4.83. The summed E-state index contributed by atoms with van der Waals surface area (Å²) in [5.74, 6) is 0.000716. The molecule has 0 radical (unpaired) electrons. The Morgan fingerprint density at radius 1 is 1.45 bits per heavy atom. The van der Waals surface area contributed by atoms with Gasteiger partial charge in [0.1, 0.15) is 0 Å². The number of aromatic nitrogens is 4. The summed E-state index contributed by atoms with van der Waals surface area (Å²) in [4.78, 5) is 11.6. The van der Waals surface area contributed by atoms with Crippen LogP contribution in [0.3, 0.4) is 0 Å². The second-order valence-corrected chi connectivity index (χ2v) is 5.02. The summed E-state index contributed by atoms with van der Waals surface area (Å²) in [6, 6.07) is 7.84. The lowest BCUT2D eigenvalue weighted by atomic mass is 10.2. The molecule has 2 rings (SSSR count). The van der Waals surface area contributed by atoms with Crippen LogP contribution in [-0.2, 0) is 11.8 Å². The zero-order chi connectivity index (χ0) is 14.4. The average Bonchev–Trinajstić information content (AvgIpc) is 2.84. The van der Waals surface area contributed by atoms with Crippen LogP contribution in [0.15, 0.2) is 34.5 Å². The topological polar surface area (TPSA) is 85.1 Å². The molecular weight excluding hydrogens is 276 g/mol. The third-order valence-corrected chi connectivity index (χ3v) is 3.40. The van der Waals surface area contributed by atoms with Crippen LogP contribution in [0.25, 0.3) is 0 Å². The van der Waals surface area contributed by atoms with Crippen molar-refractivity contribution in [3.05, 3.63) is 35.4 Å². The number of benzene rings is 1. The van der Waals surface area contributed by atoms with Crippen molar-refractivity contribution in [2.45, 2.75) is 12.1 Å². The molecule has 0 spiro atoms. The third kappa shape index (κ3) is 4.16. The highest BCUT2D eigenvalue weighted by molar-refractivity contribution is 7.99. The summed E-state index contributed by atoms with van der Waals surface area (Å²) in [6.07, 6.45) is 1.60. The maximum absolute atomic E-state index is 11.6. The summed E-state index contributed by atoms with van der Waals surface area (Å²) in [6.45, 7) is 2.02. The number of tetrazole rings is 1. The van der Waals surface area contributed by atoms with Crippen molar-refractivity contribution in [2.75, 3.05) is 5.75 Å². The van der Waals surface area contributed by atoms with Crippen molar-refractivity contribution < 1.29 is 4.79 Å². The van der Waals surface area contributed by atoms with Gasteiger partial charge >= 0.3 is 0 Å². The first kappa shape index (κ1) is 14.2. The van der Waals surface area contributed by atoms with Crippen LogP contribution in [0.4, 0.5) is 0 Å². The molecule has 1 aromatic carbocycles. The summed E-state index contributed by atoms with van der Waals surface area (Å²) in [7, 11) is 1.72. The first-order valence-corrected chi connectivity index (χ1v) is 6.87. The van der Waals surface area contributed by atoms with Gasteiger partial charge in [0.15, 0.2) is 0 Å². The van der Waals surface area contributed by atoms with Crippen molar-refractivity contribution in [3.63, 3.8) is 0 Å². The first-order chi connectivity index (χ1) is 9.65. The van der Waals surface area contributed by atoms with Gasteiger partial charge in [-0.05, 0) is 22.9 Å². The maximum Gasteiger partial charge on any atom is 0.250 e. The van der Waals surface area contributed by atoms with E-state index in [4.69, 9.17) is 0 Å². The van der Waals surface area contributed by atoms with E-state index in [1.54, 1.807) is 13.3 Å². The fourth-order valence-electron chi connectivity index (χ4n) is 1.34. The van der Waals surface area contributed by atoms with Crippen LogP contribution >= 0.6 is 11.8 Å². The highest BCUT2D eigenvalue weighted by atomic mass is 32.2. The molecule has 0 bridgehead atoms.